The van der Waals surface area contributed by atoms with E-state index in [9.17, 15) is 4.79 Å². The fourth-order valence-electron chi connectivity index (χ4n) is 3.46. The third-order valence-corrected chi connectivity index (χ3v) is 5.90. The number of carbonyl (C=O) groups excluding carboxylic acids is 1. The van der Waals surface area contributed by atoms with Gasteiger partial charge in [-0.05, 0) is 54.5 Å². The highest BCUT2D eigenvalue weighted by molar-refractivity contribution is 6.43. The van der Waals surface area contributed by atoms with Crippen molar-refractivity contribution in [3.63, 3.8) is 0 Å². The van der Waals surface area contributed by atoms with Crippen LogP contribution in [0.15, 0.2) is 72.8 Å². The monoisotopic (exact) mass is 451 g/mol. The van der Waals surface area contributed by atoms with E-state index >= 15 is 0 Å². The van der Waals surface area contributed by atoms with Gasteiger partial charge in [-0.15, -0.1) is 0 Å². The Bertz CT molecular complexity index is 1300. The lowest BCUT2D eigenvalue weighted by molar-refractivity contribution is 0.104. The summed E-state index contributed by atoms with van der Waals surface area (Å²) in [5, 5.41) is 2.27. The molecule has 0 radical (unpaired) electrons. The van der Waals surface area contributed by atoms with Crippen molar-refractivity contribution in [3.8, 4) is 11.1 Å². The molecule has 0 N–H and O–H groups in total. The van der Waals surface area contributed by atoms with Crippen LogP contribution in [0.4, 0.5) is 0 Å². The van der Waals surface area contributed by atoms with Crippen LogP contribution in [0.25, 0.3) is 28.1 Å². The highest BCUT2D eigenvalue weighted by Crippen LogP contribution is 2.35. The predicted octanol–water partition coefficient (Wildman–Crippen LogP) is 8.07. The van der Waals surface area contributed by atoms with Gasteiger partial charge in [-0.3, -0.25) is 9.78 Å². The second-order valence-electron chi connectivity index (χ2n) is 6.82. The molecular formula is C25H16Cl3NO. The maximum absolute atomic E-state index is 13.3. The summed E-state index contributed by atoms with van der Waals surface area (Å²) in [6, 6.07) is 20.6. The zero-order valence-electron chi connectivity index (χ0n) is 16.0. The van der Waals surface area contributed by atoms with Crippen molar-refractivity contribution in [2.24, 2.45) is 0 Å². The van der Waals surface area contributed by atoms with Crippen LogP contribution in [0.5, 0.6) is 0 Å². The van der Waals surface area contributed by atoms with E-state index < -0.39 is 0 Å². The fourth-order valence-corrected chi connectivity index (χ4v) is 4.01. The number of fused-ring (bicyclic) bond motifs is 1. The van der Waals surface area contributed by atoms with Crippen molar-refractivity contribution in [1.82, 2.24) is 4.98 Å². The van der Waals surface area contributed by atoms with E-state index in [1.165, 1.54) is 6.08 Å². The smallest absolute Gasteiger partial charge is 0.188 e. The summed E-state index contributed by atoms with van der Waals surface area (Å²) in [5.41, 5.74) is 4.38. The number of ketones is 1. The number of allylic oxidation sites excluding steroid dienone is 1. The molecule has 4 rings (SSSR count). The first-order chi connectivity index (χ1) is 14.5. The number of benzene rings is 3. The number of pyridine rings is 1. The summed E-state index contributed by atoms with van der Waals surface area (Å²) in [7, 11) is 0. The third kappa shape index (κ3) is 3.99. The number of rotatable bonds is 4. The average molecular weight is 453 g/mol. The van der Waals surface area contributed by atoms with Crippen LogP contribution in [-0.2, 0) is 0 Å². The van der Waals surface area contributed by atoms with Gasteiger partial charge in [0.05, 0.1) is 21.1 Å². The molecule has 0 saturated carbocycles. The van der Waals surface area contributed by atoms with E-state index in [0.717, 1.165) is 22.0 Å². The SMILES string of the molecule is Cc1nc2ccc(Cl)cc2c(-c2ccccc2)c1C(=O)/C=C/c1cccc(Cl)c1Cl. The minimum atomic E-state index is -0.170. The zero-order chi connectivity index (χ0) is 21.3. The van der Waals surface area contributed by atoms with Crippen LogP contribution in [0.2, 0.25) is 15.1 Å². The van der Waals surface area contributed by atoms with Gasteiger partial charge >= 0.3 is 0 Å². The Morgan fingerprint density at radius 3 is 2.47 bits per heavy atom. The van der Waals surface area contributed by atoms with Gasteiger partial charge in [0.2, 0.25) is 0 Å². The van der Waals surface area contributed by atoms with Crippen molar-refractivity contribution in [2.75, 3.05) is 0 Å². The molecule has 148 valence electrons. The summed E-state index contributed by atoms with van der Waals surface area (Å²) in [6.45, 7) is 1.84. The van der Waals surface area contributed by atoms with E-state index in [0.29, 0.717) is 31.9 Å². The first-order valence-corrected chi connectivity index (χ1v) is 10.4. The molecule has 0 amide bonds. The summed E-state index contributed by atoms with van der Waals surface area (Å²) in [6.07, 6.45) is 3.18. The fraction of sp³-hybridized carbons (Fsp3) is 0.0400. The Morgan fingerprint density at radius 2 is 1.70 bits per heavy atom. The molecule has 4 aromatic rings. The van der Waals surface area contributed by atoms with Gasteiger partial charge in [0.1, 0.15) is 0 Å². The van der Waals surface area contributed by atoms with Crippen molar-refractivity contribution >= 4 is 57.6 Å². The van der Waals surface area contributed by atoms with E-state index in [4.69, 9.17) is 34.8 Å². The van der Waals surface area contributed by atoms with Gasteiger partial charge < -0.3 is 0 Å². The quantitative estimate of drug-likeness (QED) is 0.231. The second kappa shape index (κ2) is 8.61. The molecular weight excluding hydrogens is 437 g/mol. The predicted molar refractivity (Wildman–Crippen MR) is 127 cm³/mol. The van der Waals surface area contributed by atoms with Crippen LogP contribution in [-0.4, -0.2) is 10.8 Å². The number of halogens is 3. The molecule has 0 fully saturated rings. The Kier molecular flexibility index (Phi) is 5.92. The minimum Gasteiger partial charge on any atom is -0.289 e. The first kappa shape index (κ1) is 20.6. The Morgan fingerprint density at radius 1 is 0.933 bits per heavy atom. The molecule has 2 nitrogen and oxygen atoms in total. The second-order valence-corrected chi connectivity index (χ2v) is 8.04. The number of aryl methyl sites for hydroxylation is 1. The minimum absolute atomic E-state index is 0.170. The molecule has 0 bridgehead atoms. The number of carbonyl (C=O) groups is 1. The molecule has 0 aliphatic carbocycles. The van der Waals surface area contributed by atoms with Gasteiger partial charge in [-0.2, -0.15) is 0 Å². The first-order valence-electron chi connectivity index (χ1n) is 9.27. The summed E-state index contributed by atoms with van der Waals surface area (Å²) >= 11 is 18.6. The number of hydrogen-bond donors (Lipinski definition) is 0. The van der Waals surface area contributed by atoms with Crippen molar-refractivity contribution in [1.29, 1.82) is 0 Å². The molecule has 0 unspecified atom stereocenters. The lowest BCUT2D eigenvalue weighted by Gasteiger charge is -2.14. The normalized spacial score (nSPS) is 11.3. The molecule has 5 heteroatoms. The van der Waals surface area contributed by atoms with Crippen molar-refractivity contribution in [2.45, 2.75) is 6.92 Å². The largest absolute Gasteiger partial charge is 0.289 e. The van der Waals surface area contributed by atoms with E-state index in [-0.39, 0.29) is 5.78 Å². The third-order valence-electron chi connectivity index (χ3n) is 4.83. The molecule has 0 saturated heterocycles. The average Bonchev–Trinajstić information content (AvgIpc) is 2.74. The van der Waals surface area contributed by atoms with Gasteiger partial charge in [-0.25, -0.2) is 0 Å². The maximum Gasteiger partial charge on any atom is 0.188 e. The van der Waals surface area contributed by atoms with Gasteiger partial charge in [-0.1, -0.05) is 77.3 Å². The Labute approximate surface area is 189 Å². The lowest BCUT2D eigenvalue weighted by Crippen LogP contribution is -2.05. The highest BCUT2D eigenvalue weighted by Gasteiger charge is 2.19. The Balaban J connectivity index is 1.91. The lowest BCUT2D eigenvalue weighted by atomic mass is 9.92. The standard InChI is InChI=1S/C25H16Cl3NO/c1-15-23(22(30)13-10-17-8-5-9-20(27)25(17)28)24(16-6-3-2-4-7-16)19-14-18(26)11-12-21(19)29-15/h2-14H,1H3/b13-10+. The zero-order valence-corrected chi connectivity index (χ0v) is 18.3. The molecule has 0 aliphatic rings. The van der Waals surface area contributed by atoms with Crippen LogP contribution in [0.3, 0.4) is 0 Å². The maximum atomic E-state index is 13.3. The topological polar surface area (TPSA) is 30.0 Å². The van der Waals surface area contributed by atoms with Gasteiger partial charge in [0, 0.05) is 21.7 Å². The van der Waals surface area contributed by atoms with Gasteiger partial charge in [0.25, 0.3) is 0 Å². The molecule has 1 aromatic heterocycles. The highest BCUT2D eigenvalue weighted by atomic mass is 35.5. The van der Waals surface area contributed by atoms with Crippen LogP contribution < -0.4 is 0 Å². The number of aromatic nitrogens is 1. The molecule has 0 atom stereocenters. The molecule has 0 aliphatic heterocycles. The molecule has 0 spiro atoms. The van der Waals surface area contributed by atoms with E-state index in [1.54, 1.807) is 30.3 Å². The number of hydrogen-bond acceptors (Lipinski definition) is 2. The molecule has 3 aromatic carbocycles. The van der Waals surface area contributed by atoms with E-state index in [2.05, 4.69) is 4.98 Å². The summed E-state index contributed by atoms with van der Waals surface area (Å²) < 4.78 is 0. The summed E-state index contributed by atoms with van der Waals surface area (Å²) in [4.78, 5) is 18.0. The Hall–Kier alpha value is -2.65. The number of nitrogens with zero attached hydrogens (tertiary/aromatic N) is 1. The van der Waals surface area contributed by atoms with Gasteiger partial charge in [0.15, 0.2) is 5.78 Å². The van der Waals surface area contributed by atoms with Crippen molar-refractivity contribution in [3.05, 3.63) is 105 Å². The van der Waals surface area contributed by atoms with Crippen molar-refractivity contribution < 1.29 is 4.79 Å². The van der Waals surface area contributed by atoms with Crippen LogP contribution in [0, 0.1) is 6.92 Å². The molecule has 30 heavy (non-hydrogen) atoms. The molecule has 1 heterocycles. The van der Waals surface area contributed by atoms with E-state index in [1.807, 2.05) is 49.4 Å². The van der Waals surface area contributed by atoms with Crippen LogP contribution in [0.1, 0.15) is 21.6 Å². The summed E-state index contributed by atoms with van der Waals surface area (Å²) in [5.74, 6) is -0.170. The van der Waals surface area contributed by atoms with Crippen LogP contribution >= 0.6 is 34.8 Å².